The minimum atomic E-state index is -0.584. The number of para-hydroxylation sites is 1. The molecule has 0 radical (unpaired) electrons. The van der Waals surface area contributed by atoms with E-state index in [9.17, 15) is 9.59 Å². The normalized spacial score (nSPS) is 15.5. The Balaban J connectivity index is 1.58. The van der Waals surface area contributed by atoms with Crippen LogP contribution in [0.4, 0.5) is 5.69 Å². The number of carbonyl (C=O) groups excluding carboxylic acids is 2. The van der Waals surface area contributed by atoms with Crippen LogP contribution in [0.5, 0.6) is 11.5 Å². The van der Waals surface area contributed by atoms with E-state index in [0.717, 1.165) is 11.1 Å². The summed E-state index contributed by atoms with van der Waals surface area (Å²) < 4.78 is 11.2. The fourth-order valence-corrected chi connectivity index (χ4v) is 3.65. The molecule has 0 aliphatic carbocycles. The summed E-state index contributed by atoms with van der Waals surface area (Å²) in [4.78, 5) is 27.4. The van der Waals surface area contributed by atoms with Crippen molar-refractivity contribution in [1.29, 1.82) is 0 Å². The second-order valence-corrected chi connectivity index (χ2v) is 7.42. The van der Waals surface area contributed by atoms with E-state index in [2.05, 4.69) is 5.32 Å². The van der Waals surface area contributed by atoms with Gasteiger partial charge in [-0.3, -0.25) is 9.59 Å². The fourth-order valence-electron chi connectivity index (χ4n) is 3.65. The summed E-state index contributed by atoms with van der Waals surface area (Å²) in [5.74, 6) is 0.815. The lowest BCUT2D eigenvalue weighted by Crippen LogP contribution is -2.37. The minimum Gasteiger partial charge on any atom is -0.496 e. The van der Waals surface area contributed by atoms with Crippen LogP contribution in [0.15, 0.2) is 72.8 Å². The molecule has 0 unspecified atom stereocenters. The van der Waals surface area contributed by atoms with Gasteiger partial charge in [0.25, 0.3) is 11.8 Å². The molecule has 31 heavy (non-hydrogen) atoms. The Morgan fingerprint density at radius 1 is 1.10 bits per heavy atom. The highest BCUT2D eigenvalue weighted by Crippen LogP contribution is 2.30. The number of rotatable bonds is 5. The first-order valence-electron chi connectivity index (χ1n) is 10.1. The number of nitrogens with one attached hydrogen (secondary N) is 1. The molecular weight excluding hydrogens is 392 g/mol. The third-order valence-electron chi connectivity index (χ3n) is 5.21. The van der Waals surface area contributed by atoms with Crippen molar-refractivity contribution < 1.29 is 19.1 Å². The number of amides is 2. The largest absolute Gasteiger partial charge is 0.496 e. The van der Waals surface area contributed by atoms with Crippen LogP contribution >= 0.6 is 0 Å². The Morgan fingerprint density at radius 2 is 1.84 bits per heavy atom. The molecule has 1 aliphatic heterocycles. The van der Waals surface area contributed by atoms with Crippen LogP contribution in [0.1, 0.15) is 28.4 Å². The highest BCUT2D eigenvalue weighted by molar-refractivity contribution is 6.06. The Hall–Kier alpha value is -3.80. The average Bonchev–Trinajstić information content (AvgIpc) is 2.90. The van der Waals surface area contributed by atoms with Gasteiger partial charge in [0.05, 0.1) is 12.7 Å². The van der Waals surface area contributed by atoms with E-state index in [1.807, 2.05) is 42.5 Å². The second kappa shape index (κ2) is 8.92. The van der Waals surface area contributed by atoms with E-state index < -0.39 is 6.10 Å². The zero-order chi connectivity index (χ0) is 21.8. The molecule has 0 aromatic heterocycles. The standard InChI is InChI=1S/C25H24N2O4/c1-17-25(29)27(15-18-8-4-3-5-9-18)16-19-14-20(12-13-22(19)31-17)26-24(28)21-10-6-7-11-23(21)30-2/h3-14,17H,15-16H2,1-2H3,(H,26,28)/t17-/m1/s1. The predicted octanol–water partition coefficient (Wildman–Crippen LogP) is 4.26. The van der Waals surface area contributed by atoms with E-state index >= 15 is 0 Å². The maximum Gasteiger partial charge on any atom is 0.263 e. The Bertz CT molecular complexity index is 1100. The molecule has 3 aromatic rings. The van der Waals surface area contributed by atoms with Gasteiger partial charge < -0.3 is 19.7 Å². The highest BCUT2D eigenvalue weighted by Gasteiger charge is 2.28. The third-order valence-corrected chi connectivity index (χ3v) is 5.21. The predicted molar refractivity (Wildman–Crippen MR) is 118 cm³/mol. The molecule has 0 saturated heterocycles. The van der Waals surface area contributed by atoms with Crippen LogP contribution in [-0.2, 0) is 17.9 Å². The lowest BCUT2D eigenvalue weighted by molar-refractivity contribution is -0.138. The van der Waals surface area contributed by atoms with Crippen LogP contribution < -0.4 is 14.8 Å². The Morgan fingerprint density at radius 3 is 2.61 bits per heavy atom. The van der Waals surface area contributed by atoms with Gasteiger partial charge in [-0.05, 0) is 42.8 Å². The number of ether oxygens (including phenoxy) is 2. The lowest BCUT2D eigenvalue weighted by atomic mass is 10.1. The second-order valence-electron chi connectivity index (χ2n) is 7.42. The Kier molecular flexibility index (Phi) is 5.89. The van der Waals surface area contributed by atoms with E-state index in [1.54, 1.807) is 42.2 Å². The van der Waals surface area contributed by atoms with Gasteiger partial charge >= 0.3 is 0 Å². The van der Waals surface area contributed by atoms with Gasteiger partial charge in [-0.25, -0.2) is 0 Å². The fraction of sp³-hybridized carbons (Fsp3) is 0.200. The zero-order valence-corrected chi connectivity index (χ0v) is 17.5. The number of nitrogens with zero attached hydrogens (tertiary/aromatic N) is 1. The van der Waals surface area contributed by atoms with Crippen LogP contribution in [0.3, 0.4) is 0 Å². The minimum absolute atomic E-state index is 0.0698. The molecule has 4 rings (SSSR count). The van der Waals surface area contributed by atoms with Crippen molar-refractivity contribution in [1.82, 2.24) is 4.90 Å². The summed E-state index contributed by atoms with van der Waals surface area (Å²) in [5, 5.41) is 2.91. The summed E-state index contributed by atoms with van der Waals surface area (Å²) >= 11 is 0. The van der Waals surface area contributed by atoms with Crippen molar-refractivity contribution in [2.24, 2.45) is 0 Å². The summed E-state index contributed by atoms with van der Waals surface area (Å²) in [6, 6.07) is 22.3. The number of carbonyl (C=O) groups is 2. The summed E-state index contributed by atoms with van der Waals surface area (Å²) in [6.07, 6.45) is -0.584. The van der Waals surface area contributed by atoms with Crippen molar-refractivity contribution in [3.63, 3.8) is 0 Å². The molecule has 0 saturated carbocycles. The molecule has 6 nitrogen and oxygen atoms in total. The molecule has 0 bridgehead atoms. The van der Waals surface area contributed by atoms with E-state index in [1.165, 1.54) is 7.11 Å². The van der Waals surface area contributed by atoms with Crippen LogP contribution in [0.2, 0.25) is 0 Å². The SMILES string of the molecule is COc1ccccc1C(=O)Nc1ccc2c(c1)CN(Cc1ccccc1)C(=O)[C@@H](C)O2. The topological polar surface area (TPSA) is 67.9 Å². The molecular formula is C25H24N2O4. The maximum atomic E-state index is 12.9. The number of anilines is 1. The van der Waals surface area contributed by atoms with Crippen molar-refractivity contribution >= 4 is 17.5 Å². The van der Waals surface area contributed by atoms with Crippen molar-refractivity contribution in [3.8, 4) is 11.5 Å². The Labute approximate surface area is 181 Å². The van der Waals surface area contributed by atoms with Gasteiger partial charge in [0.2, 0.25) is 0 Å². The van der Waals surface area contributed by atoms with Gasteiger partial charge in [-0.2, -0.15) is 0 Å². The molecule has 1 N–H and O–H groups in total. The van der Waals surface area contributed by atoms with Crippen molar-refractivity contribution in [2.75, 3.05) is 12.4 Å². The first-order valence-corrected chi connectivity index (χ1v) is 10.1. The average molecular weight is 416 g/mol. The quantitative estimate of drug-likeness (QED) is 0.675. The molecule has 0 spiro atoms. The smallest absolute Gasteiger partial charge is 0.263 e. The first-order chi connectivity index (χ1) is 15.0. The van der Waals surface area contributed by atoms with Gasteiger partial charge in [-0.1, -0.05) is 42.5 Å². The first kappa shape index (κ1) is 20.5. The molecule has 158 valence electrons. The van der Waals surface area contributed by atoms with Crippen molar-refractivity contribution in [3.05, 3.63) is 89.5 Å². The number of benzene rings is 3. The monoisotopic (exact) mass is 416 g/mol. The molecule has 1 aliphatic rings. The molecule has 0 fully saturated rings. The molecule has 1 atom stereocenters. The number of fused-ring (bicyclic) bond motifs is 1. The zero-order valence-electron chi connectivity index (χ0n) is 17.5. The maximum absolute atomic E-state index is 12.9. The summed E-state index contributed by atoms with van der Waals surface area (Å²) in [5.41, 5.74) is 2.96. The van der Waals surface area contributed by atoms with E-state index in [4.69, 9.17) is 9.47 Å². The van der Waals surface area contributed by atoms with Gasteiger partial charge in [0.1, 0.15) is 11.5 Å². The van der Waals surface area contributed by atoms with Gasteiger partial charge in [-0.15, -0.1) is 0 Å². The lowest BCUT2D eigenvalue weighted by Gasteiger charge is -2.22. The van der Waals surface area contributed by atoms with Crippen LogP contribution in [-0.4, -0.2) is 29.9 Å². The number of methoxy groups -OCH3 is 1. The van der Waals surface area contributed by atoms with Crippen LogP contribution in [0, 0.1) is 0 Å². The van der Waals surface area contributed by atoms with Crippen LogP contribution in [0.25, 0.3) is 0 Å². The summed E-state index contributed by atoms with van der Waals surface area (Å²) in [7, 11) is 1.53. The molecule has 1 heterocycles. The molecule has 2 amide bonds. The van der Waals surface area contributed by atoms with Crippen molar-refractivity contribution in [2.45, 2.75) is 26.1 Å². The molecule has 6 heteroatoms. The third kappa shape index (κ3) is 4.53. The van der Waals surface area contributed by atoms with E-state index in [0.29, 0.717) is 35.8 Å². The number of hydrogen-bond donors (Lipinski definition) is 1. The molecule has 3 aromatic carbocycles. The van der Waals surface area contributed by atoms with Gasteiger partial charge in [0, 0.05) is 24.3 Å². The highest BCUT2D eigenvalue weighted by atomic mass is 16.5. The van der Waals surface area contributed by atoms with Gasteiger partial charge in [0.15, 0.2) is 6.10 Å². The summed E-state index contributed by atoms with van der Waals surface area (Å²) in [6.45, 7) is 2.64. The van der Waals surface area contributed by atoms with E-state index in [-0.39, 0.29) is 11.8 Å². The number of hydrogen-bond acceptors (Lipinski definition) is 4.